The lowest BCUT2D eigenvalue weighted by molar-refractivity contribution is 0.927. The number of para-hydroxylation sites is 1. The van der Waals surface area contributed by atoms with Crippen LogP contribution in [0.15, 0.2) is 30.6 Å². The Bertz CT molecular complexity index is 448. The van der Waals surface area contributed by atoms with Crippen LogP contribution in [0, 0.1) is 6.92 Å². The molecule has 0 bridgehead atoms. The first-order chi connectivity index (χ1) is 7.77. The predicted octanol–water partition coefficient (Wildman–Crippen LogP) is 1.95. The van der Waals surface area contributed by atoms with Crippen molar-refractivity contribution >= 4 is 11.4 Å². The van der Waals surface area contributed by atoms with Crippen molar-refractivity contribution < 1.29 is 0 Å². The summed E-state index contributed by atoms with van der Waals surface area (Å²) >= 11 is 0. The third-order valence-electron chi connectivity index (χ3n) is 2.56. The van der Waals surface area contributed by atoms with Crippen molar-refractivity contribution in [1.82, 2.24) is 9.97 Å². The summed E-state index contributed by atoms with van der Waals surface area (Å²) < 4.78 is 0. The molecule has 0 aliphatic carbocycles. The third kappa shape index (κ3) is 2.34. The van der Waals surface area contributed by atoms with Crippen LogP contribution in [0.1, 0.15) is 11.4 Å². The van der Waals surface area contributed by atoms with E-state index in [9.17, 15) is 0 Å². The molecule has 0 radical (unpaired) electrons. The molecular formula is C12H16N4. The van der Waals surface area contributed by atoms with Gasteiger partial charge in [0.2, 0.25) is 0 Å². The number of nitrogens with zero attached hydrogens (tertiary/aromatic N) is 1. The molecule has 0 fully saturated rings. The molecule has 1 heterocycles. The minimum atomic E-state index is 0.821. The van der Waals surface area contributed by atoms with Gasteiger partial charge in [-0.1, -0.05) is 12.1 Å². The largest absolute Gasteiger partial charge is 0.397 e. The first-order valence-electron chi connectivity index (χ1n) is 5.34. The Labute approximate surface area is 94.9 Å². The van der Waals surface area contributed by atoms with Gasteiger partial charge < -0.3 is 16.0 Å². The van der Waals surface area contributed by atoms with Crippen LogP contribution in [0.2, 0.25) is 0 Å². The number of hydrogen-bond acceptors (Lipinski definition) is 3. The first-order valence-corrected chi connectivity index (χ1v) is 5.34. The highest BCUT2D eigenvalue weighted by molar-refractivity contribution is 5.69. The Hall–Kier alpha value is -1.97. The van der Waals surface area contributed by atoms with Gasteiger partial charge in [0, 0.05) is 25.4 Å². The van der Waals surface area contributed by atoms with Crippen molar-refractivity contribution in [2.75, 3.05) is 17.6 Å². The quantitative estimate of drug-likeness (QED) is 0.684. The third-order valence-corrected chi connectivity index (χ3v) is 2.56. The zero-order valence-electron chi connectivity index (χ0n) is 9.33. The fourth-order valence-electron chi connectivity index (χ4n) is 1.59. The Morgan fingerprint density at radius 1 is 1.44 bits per heavy atom. The average molecular weight is 216 g/mol. The molecule has 1 aromatic carbocycles. The predicted molar refractivity (Wildman–Crippen MR) is 66.4 cm³/mol. The summed E-state index contributed by atoms with van der Waals surface area (Å²) in [5.74, 6) is 0.985. The van der Waals surface area contributed by atoms with Crippen LogP contribution in [-0.4, -0.2) is 16.5 Å². The highest BCUT2D eigenvalue weighted by Crippen LogP contribution is 2.21. The van der Waals surface area contributed by atoms with Gasteiger partial charge >= 0.3 is 0 Å². The number of nitrogen functional groups attached to an aromatic ring is 1. The van der Waals surface area contributed by atoms with Gasteiger partial charge in [-0.15, -0.1) is 0 Å². The molecule has 0 atom stereocenters. The number of benzene rings is 1. The second-order valence-corrected chi connectivity index (χ2v) is 3.75. The summed E-state index contributed by atoms with van der Waals surface area (Å²) in [5, 5.41) is 3.31. The minimum absolute atomic E-state index is 0.821. The molecule has 0 aliphatic heterocycles. The Kier molecular flexibility index (Phi) is 3.10. The molecule has 1 aromatic heterocycles. The van der Waals surface area contributed by atoms with E-state index in [1.165, 1.54) is 0 Å². The normalized spacial score (nSPS) is 10.3. The average Bonchev–Trinajstić information content (AvgIpc) is 2.77. The molecule has 84 valence electrons. The van der Waals surface area contributed by atoms with E-state index >= 15 is 0 Å². The van der Waals surface area contributed by atoms with Crippen molar-refractivity contribution in [1.29, 1.82) is 0 Å². The molecule has 0 saturated heterocycles. The lowest BCUT2D eigenvalue weighted by Gasteiger charge is -2.10. The van der Waals surface area contributed by atoms with Crippen LogP contribution in [-0.2, 0) is 6.42 Å². The number of rotatable bonds is 4. The maximum Gasteiger partial charge on any atom is 0.107 e. The van der Waals surface area contributed by atoms with E-state index in [4.69, 9.17) is 5.73 Å². The number of aromatic nitrogens is 2. The summed E-state index contributed by atoms with van der Waals surface area (Å²) in [6, 6.07) is 6.00. The summed E-state index contributed by atoms with van der Waals surface area (Å²) in [7, 11) is 0. The minimum Gasteiger partial charge on any atom is -0.397 e. The highest BCUT2D eigenvalue weighted by Gasteiger charge is 2.00. The van der Waals surface area contributed by atoms with E-state index in [0.29, 0.717) is 0 Å². The molecule has 4 heteroatoms. The van der Waals surface area contributed by atoms with Gasteiger partial charge in [0.25, 0.3) is 0 Å². The Balaban J connectivity index is 1.92. The zero-order chi connectivity index (χ0) is 11.4. The zero-order valence-corrected chi connectivity index (χ0v) is 9.33. The van der Waals surface area contributed by atoms with Gasteiger partial charge in [-0.2, -0.15) is 0 Å². The van der Waals surface area contributed by atoms with Crippen molar-refractivity contribution in [3.8, 4) is 0 Å². The number of anilines is 2. The van der Waals surface area contributed by atoms with Crippen LogP contribution in [0.25, 0.3) is 0 Å². The molecule has 2 rings (SSSR count). The molecular weight excluding hydrogens is 200 g/mol. The molecule has 0 amide bonds. The standard InChI is InChI=1S/C12H16N4/c1-9-3-2-4-10(12(9)13)14-6-5-11-15-7-8-16-11/h2-4,7-8,14H,5-6,13H2,1H3,(H,15,16). The highest BCUT2D eigenvalue weighted by atomic mass is 14.9. The molecule has 2 aromatic rings. The van der Waals surface area contributed by atoms with E-state index in [1.807, 2.05) is 31.3 Å². The topological polar surface area (TPSA) is 66.7 Å². The van der Waals surface area contributed by atoms with Crippen molar-refractivity contribution in [2.24, 2.45) is 0 Å². The van der Waals surface area contributed by atoms with Crippen LogP contribution in [0.3, 0.4) is 0 Å². The monoisotopic (exact) mass is 216 g/mol. The maximum absolute atomic E-state index is 5.96. The first kappa shape index (κ1) is 10.5. The summed E-state index contributed by atoms with van der Waals surface area (Å²) in [6.07, 6.45) is 4.45. The van der Waals surface area contributed by atoms with E-state index in [2.05, 4.69) is 15.3 Å². The maximum atomic E-state index is 5.96. The number of aryl methyl sites for hydroxylation is 1. The lowest BCUT2D eigenvalue weighted by Crippen LogP contribution is -2.08. The van der Waals surface area contributed by atoms with Crippen molar-refractivity contribution in [3.05, 3.63) is 42.0 Å². The SMILES string of the molecule is Cc1cccc(NCCc2ncc[nH]2)c1N. The second-order valence-electron chi connectivity index (χ2n) is 3.75. The van der Waals surface area contributed by atoms with Crippen molar-refractivity contribution in [3.63, 3.8) is 0 Å². The van der Waals surface area contributed by atoms with Crippen molar-refractivity contribution in [2.45, 2.75) is 13.3 Å². The second kappa shape index (κ2) is 4.70. The Morgan fingerprint density at radius 3 is 3.06 bits per heavy atom. The van der Waals surface area contributed by atoms with Crippen LogP contribution in [0.5, 0.6) is 0 Å². The molecule has 0 aliphatic rings. The van der Waals surface area contributed by atoms with Gasteiger partial charge in [-0.3, -0.25) is 0 Å². The fraction of sp³-hybridized carbons (Fsp3) is 0.250. The molecule has 4 nitrogen and oxygen atoms in total. The van der Waals surface area contributed by atoms with E-state index < -0.39 is 0 Å². The number of hydrogen-bond donors (Lipinski definition) is 3. The molecule has 0 spiro atoms. The smallest absolute Gasteiger partial charge is 0.107 e. The number of imidazole rings is 1. The summed E-state index contributed by atoms with van der Waals surface area (Å²) in [5.41, 5.74) is 8.87. The molecule has 4 N–H and O–H groups in total. The van der Waals surface area contributed by atoms with E-state index in [-0.39, 0.29) is 0 Å². The number of H-pyrrole nitrogens is 1. The van der Waals surface area contributed by atoms with E-state index in [1.54, 1.807) is 6.20 Å². The van der Waals surface area contributed by atoms with Crippen LogP contribution >= 0.6 is 0 Å². The summed E-state index contributed by atoms with van der Waals surface area (Å²) in [6.45, 7) is 2.83. The molecule has 0 unspecified atom stereocenters. The van der Waals surface area contributed by atoms with Gasteiger partial charge in [-0.05, 0) is 18.6 Å². The molecule has 0 saturated carbocycles. The van der Waals surface area contributed by atoms with Gasteiger partial charge in [0.05, 0.1) is 11.4 Å². The fourth-order valence-corrected chi connectivity index (χ4v) is 1.59. The van der Waals surface area contributed by atoms with Gasteiger partial charge in [0.1, 0.15) is 5.82 Å². The number of aromatic amines is 1. The van der Waals surface area contributed by atoms with Gasteiger partial charge in [-0.25, -0.2) is 4.98 Å². The van der Waals surface area contributed by atoms with Crippen LogP contribution in [0.4, 0.5) is 11.4 Å². The van der Waals surface area contributed by atoms with Crippen LogP contribution < -0.4 is 11.1 Å². The molecule has 16 heavy (non-hydrogen) atoms. The van der Waals surface area contributed by atoms with E-state index in [0.717, 1.165) is 35.7 Å². The number of nitrogens with two attached hydrogens (primary N) is 1. The Morgan fingerprint density at radius 2 is 2.31 bits per heavy atom. The number of nitrogens with one attached hydrogen (secondary N) is 2. The van der Waals surface area contributed by atoms with Gasteiger partial charge in [0.15, 0.2) is 0 Å². The lowest BCUT2D eigenvalue weighted by atomic mass is 10.1. The summed E-state index contributed by atoms with van der Waals surface area (Å²) in [4.78, 5) is 7.23.